The van der Waals surface area contributed by atoms with Gasteiger partial charge in [-0.15, -0.1) is 0 Å². The molecule has 1 aliphatic rings. The molecule has 0 radical (unpaired) electrons. The molecule has 0 spiro atoms. The number of benzene rings is 1. The summed E-state index contributed by atoms with van der Waals surface area (Å²) in [5, 5.41) is 12.0. The Labute approximate surface area is 106 Å². The first kappa shape index (κ1) is 13.0. The van der Waals surface area contributed by atoms with Crippen molar-refractivity contribution in [2.75, 3.05) is 6.61 Å². The third kappa shape index (κ3) is 2.38. The van der Waals surface area contributed by atoms with Crippen LogP contribution in [0.4, 0.5) is 4.39 Å². The van der Waals surface area contributed by atoms with Crippen molar-refractivity contribution < 1.29 is 14.3 Å². The highest BCUT2D eigenvalue weighted by Crippen LogP contribution is 2.48. The van der Waals surface area contributed by atoms with Gasteiger partial charge in [-0.25, -0.2) is 4.39 Å². The molecule has 0 unspecified atom stereocenters. The Morgan fingerprint density at radius 3 is 2.50 bits per heavy atom. The number of hydrogen-bond donors (Lipinski definition) is 2. The highest BCUT2D eigenvalue weighted by Gasteiger charge is 2.51. The van der Waals surface area contributed by atoms with Crippen molar-refractivity contribution in [1.29, 1.82) is 0 Å². The predicted octanol–water partition coefficient (Wildman–Crippen LogP) is 1.74. The summed E-state index contributed by atoms with van der Waals surface area (Å²) in [6.45, 7) is 1.86. The SMILES string of the molecule is CC[C@H](CO)NC(=O)C1(c2ccc(F)cc2)CC1. The van der Waals surface area contributed by atoms with E-state index in [1.54, 1.807) is 12.1 Å². The van der Waals surface area contributed by atoms with Gasteiger partial charge in [0.05, 0.1) is 18.1 Å². The van der Waals surface area contributed by atoms with Gasteiger partial charge in [0.15, 0.2) is 0 Å². The van der Waals surface area contributed by atoms with E-state index < -0.39 is 5.41 Å². The molecule has 1 amide bonds. The van der Waals surface area contributed by atoms with Crippen LogP contribution < -0.4 is 5.32 Å². The van der Waals surface area contributed by atoms with Gasteiger partial charge < -0.3 is 10.4 Å². The zero-order valence-corrected chi connectivity index (χ0v) is 10.4. The second kappa shape index (κ2) is 5.06. The molecule has 0 aliphatic heterocycles. The monoisotopic (exact) mass is 251 g/mol. The van der Waals surface area contributed by atoms with Gasteiger partial charge in [-0.1, -0.05) is 19.1 Å². The minimum atomic E-state index is -0.504. The lowest BCUT2D eigenvalue weighted by Crippen LogP contribution is -2.43. The number of amides is 1. The summed E-state index contributed by atoms with van der Waals surface area (Å²) in [5.41, 5.74) is 0.352. The Balaban J connectivity index is 2.11. The molecule has 1 aliphatic carbocycles. The van der Waals surface area contributed by atoms with Crippen LogP contribution in [0.1, 0.15) is 31.7 Å². The number of rotatable bonds is 5. The molecule has 1 fully saturated rings. The minimum Gasteiger partial charge on any atom is -0.394 e. The second-order valence-corrected chi connectivity index (χ2v) is 4.85. The van der Waals surface area contributed by atoms with Crippen LogP contribution in [0.25, 0.3) is 0 Å². The maximum atomic E-state index is 12.9. The first-order valence-electron chi connectivity index (χ1n) is 6.30. The maximum Gasteiger partial charge on any atom is 0.230 e. The van der Waals surface area contributed by atoms with E-state index in [1.165, 1.54) is 12.1 Å². The molecule has 1 aromatic carbocycles. The average Bonchev–Trinajstić information content (AvgIpc) is 3.18. The molecule has 3 nitrogen and oxygen atoms in total. The molecular formula is C14H18FNO2. The summed E-state index contributed by atoms with van der Waals surface area (Å²) in [5.74, 6) is -0.355. The second-order valence-electron chi connectivity index (χ2n) is 4.85. The smallest absolute Gasteiger partial charge is 0.230 e. The third-order valence-corrected chi connectivity index (χ3v) is 3.63. The van der Waals surface area contributed by atoms with Gasteiger partial charge in [0.25, 0.3) is 0 Å². The van der Waals surface area contributed by atoms with Crippen LogP contribution in [-0.2, 0) is 10.2 Å². The van der Waals surface area contributed by atoms with Crippen LogP contribution in [0.3, 0.4) is 0 Å². The fraction of sp³-hybridized carbons (Fsp3) is 0.500. The largest absolute Gasteiger partial charge is 0.394 e. The van der Waals surface area contributed by atoms with Crippen molar-refractivity contribution in [3.63, 3.8) is 0 Å². The number of carbonyl (C=O) groups excluding carboxylic acids is 1. The van der Waals surface area contributed by atoms with Crippen LogP contribution in [0.5, 0.6) is 0 Å². The molecular weight excluding hydrogens is 233 g/mol. The Morgan fingerprint density at radius 2 is 2.06 bits per heavy atom. The summed E-state index contributed by atoms with van der Waals surface area (Å²) in [6.07, 6.45) is 2.26. The first-order chi connectivity index (χ1) is 8.62. The zero-order valence-electron chi connectivity index (χ0n) is 10.4. The molecule has 1 aromatic rings. The van der Waals surface area contributed by atoms with Gasteiger partial charge in [0, 0.05) is 0 Å². The van der Waals surface area contributed by atoms with Gasteiger partial charge in [-0.2, -0.15) is 0 Å². The maximum absolute atomic E-state index is 12.9. The molecule has 2 rings (SSSR count). The lowest BCUT2D eigenvalue weighted by molar-refractivity contribution is -0.124. The van der Waals surface area contributed by atoms with Gasteiger partial charge in [-0.3, -0.25) is 4.79 Å². The average molecular weight is 251 g/mol. The Bertz CT molecular complexity index is 422. The van der Waals surface area contributed by atoms with E-state index in [0.717, 1.165) is 18.4 Å². The number of aliphatic hydroxyl groups excluding tert-OH is 1. The number of carbonyl (C=O) groups is 1. The van der Waals surface area contributed by atoms with E-state index in [4.69, 9.17) is 5.11 Å². The van der Waals surface area contributed by atoms with Gasteiger partial charge in [0.2, 0.25) is 5.91 Å². The van der Waals surface area contributed by atoms with Gasteiger partial charge in [-0.05, 0) is 37.0 Å². The molecule has 0 bridgehead atoms. The normalized spacial score (nSPS) is 18.2. The summed E-state index contributed by atoms with van der Waals surface area (Å²) >= 11 is 0. The van der Waals surface area contributed by atoms with Gasteiger partial charge >= 0.3 is 0 Å². The topological polar surface area (TPSA) is 49.3 Å². The fourth-order valence-electron chi connectivity index (χ4n) is 2.14. The summed E-state index contributed by atoms with van der Waals surface area (Å²) in [7, 11) is 0. The lowest BCUT2D eigenvalue weighted by atomic mass is 9.94. The molecule has 98 valence electrons. The van der Waals surface area contributed by atoms with E-state index in [0.29, 0.717) is 6.42 Å². The molecule has 1 atom stereocenters. The molecule has 4 heteroatoms. The van der Waals surface area contributed by atoms with Crippen LogP contribution in [-0.4, -0.2) is 23.7 Å². The molecule has 0 heterocycles. The standard InChI is InChI=1S/C14H18FNO2/c1-2-12(9-17)16-13(18)14(7-8-14)10-3-5-11(15)6-4-10/h3-6,12,17H,2,7-9H2,1H3,(H,16,18)/t12-/m1/s1. The van der Waals surface area contributed by atoms with Crippen LogP contribution >= 0.6 is 0 Å². The highest BCUT2D eigenvalue weighted by atomic mass is 19.1. The number of aliphatic hydroxyl groups is 1. The minimum absolute atomic E-state index is 0.0538. The summed E-state index contributed by atoms with van der Waals surface area (Å²) in [4.78, 5) is 12.2. The molecule has 0 aromatic heterocycles. The van der Waals surface area contributed by atoms with E-state index in [1.807, 2.05) is 6.92 Å². The Morgan fingerprint density at radius 1 is 1.44 bits per heavy atom. The third-order valence-electron chi connectivity index (χ3n) is 3.63. The van der Waals surface area contributed by atoms with Crippen LogP contribution in [0, 0.1) is 5.82 Å². The van der Waals surface area contributed by atoms with Crippen LogP contribution in [0.15, 0.2) is 24.3 Å². The lowest BCUT2D eigenvalue weighted by Gasteiger charge is -2.20. The van der Waals surface area contributed by atoms with E-state index in [9.17, 15) is 9.18 Å². The van der Waals surface area contributed by atoms with Crippen molar-refractivity contribution in [2.45, 2.75) is 37.6 Å². The molecule has 0 saturated heterocycles. The summed E-state index contributed by atoms with van der Waals surface area (Å²) < 4.78 is 12.9. The summed E-state index contributed by atoms with van der Waals surface area (Å²) in [6, 6.07) is 5.90. The Kier molecular flexibility index (Phi) is 3.66. The Hall–Kier alpha value is -1.42. The molecule has 1 saturated carbocycles. The van der Waals surface area contributed by atoms with Crippen molar-refractivity contribution in [3.05, 3.63) is 35.6 Å². The van der Waals surface area contributed by atoms with E-state index in [-0.39, 0.29) is 24.4 Å². The van der Waals surface area contributed by atoms with E-state index >= 15 is 0 Å². The zero-order chi connectivity index (χ0) is 13.2. The first-order valence-corrected chi connectivity index (χ1v) is 6.30. The highest BCUT2D eigenvalue weighted by molar-refractivity contribution is 5.91. The van der Waals surface area contributed by atoms with Crippen LogP contribution in [0.2, 0.25) is 0 Å². The quantitative estimate of drug-likeness (QED) is 0.837. The van der Waals surface area contributed by atoms with Crippen molar-refractivity contribution in [3.8, 4) is 0 Å². The number of nitrogens with one attached hydrogen (secondary N) is 1. The van der Waals surface area contributed by atoms with Crippen molar-refractivity contribution in [2.24, 2.45) is 0 Å². The molecule has 2 N–H and O–H groups in total. The van der Waals surface area contributed by atoms with Gasteiger partial charge in [0.1, 0.15) is 5.82 Å². The van der Waals surface area contributed by atoms with Crippen molar-refractivity contribution in [1.82, 2.24) is 5.32 Å². The number of hydrogen-bond acceptors (Lipinski definition) is 2. The van der Waals surface area contributed by atoms with E-state index in [2.05, 4.69) is 5.32 Å². The fourth-order valence-corrected chi connectivity index (χ4v) is 2.14. The number of halogens is 1. The molecule has 18 heavy (non-hydrogen) atoms. The van der Waals surface area contributed by atoms with Crippen molar-refractivity contribution >= 4 is 5.91 Å². The predicted molar refractivity (Wildman–Crippen MR) is 66.6 cm³/mol.